The Morgan fingerprint density at radius 3 is 2.60 bits per heavy atom. The van der Waals surface area contributed by atoms with Crippen LogP contribution >= 0.6 is 23.4 Å². The fraction of sp³-hybridized carbons (Fsp3) is 0. The van der Waals surface area contributed by atoms with Crippen molar-refractivity contribution in [3.05, 3.63) is 57.2 Å². The molecule has 0 atom stereocenters. The van der Waals surface area contributed by atoms with E-state index in [4.69, 9.17) is 16.7 Å². The Kier molecular flexibility index (Phi) is 4.21. The lowest BCUT2D eigenvalue weighted by atomic mass is 10.3. The Hall–Kier alpha value is -2.12. The average Bonchev–Trinajstić information content (AvgIpc) is 2.41. The number of benzene rings is 1. The van der Waals surface area contributed by atoms with Crippen molar-refractivity contribution in [1.29, 1.82) is 0 Å². The lowest BCUT2D eigenvalue weighted by molar-refractivity contribution is -0.388. The Bertz CT molecular complexity index is 693. The molecule has 6 nitrogen and oxygen atoms in total. The lowest BCUT2D eigenvalue weighted by Crippen LogP contribution is -2.03. The monoisotopic (exact) mass is 310 g/mol. The van der Waals surface area contributed by atoms with Crippen molar-refractivity contribution >= 4 is 35.0 Å². The van der Waals surface area contributed by atoms with Crippen LogP contribution in [0.15, 0.2) is 46.3 Å². The van der Waals surface area contributed by atoms with Gasteiger partial charge in [0.05, 0.1) is 9.95 Å². The molecule has 0 amide bonds. The van der Waals surface area contributed by atoms with Gasteiger partial charge in [-0.25, -0.2) is 9.78 Å². The summed E-state index contributed by atoms with van der Waals surface area (Å²) in [4.78, 5) is 25.6. The molecule has 1 N–H and O–H groups in total. The summed E-state index contributed by atoms with van der Waals surface area (Å²) in [5.74, 6) is -1.25. The number of halogens is 1. The third-order valence-corrected chi connectivity index (χ3v) is 3.81. The topological polar surface area (TPSA) is 93.3 Å². The zero-order valence-electron chi connectivity index (χ0n) is 9.82. The van der Waals surface area contributed by atoms with Crippen molar-refractivity contribution in [2.75, 3.05) is 0 Å². The molecule has 0 aliphatic carbocycles. The van der Waals surface area contributed by atoms with Gasteiger partial charge in [0.1, 0.15) is 5.69 Å². The molecule has 0 fully saturated rings. The van der Waals surface area contributed by atoms with Gasteiger partial charge in [-0.3, -0.25) is 10.1 Å². The second-order valence-corrected chi connectivity index (χ2v) is 5.05. The average molecular weight is 311 g/mol. The van der Waals surface area contributed by atoms with Crippen molar-refractivity contribution in [1.82, 2.24) is 4.98 Å². The number of aromatic carboxylic acids is 1. The second kappa shape index (κ2) is 5.89. The van der Waals surface area contributed by atoms with Crippen molar-refractivity contribution in [3.63, 3.8) is 0 Å². The van der Waals surface area contributed by atoms with E-state index in [1.165, 1.54) is 0 Å². The van der Waals surface area contributed by atoms with Crippen molar-refractivity contribution in [2.24, 2.45) is 0 Å². The molecule has 0 aliphatic rings. The molecule has 2 rings (SSSR count). The first-order valence-electron chi connectivity index (χ1n) is 5.30. The third-order valence-electron chi connectivity index (χ3n) is 2.30. The number of hydrogen-bond acceptors (Lipinski definition) is 5. The van der Waals surface area contributed by atoms with E-state index in [-0.39, 0.29) is 16.4 Å². The molecule has 0 bridgehead atoms. The van der Waals surface area contributed by atoms with E-state index in [0.717, 1.165) is 23.9 Å². The van der Waals surface area contributed by atoms with Crippen LogP contribution in [-0.4, -0.2) is 21.0 Å². The number of aromatic nitrogens is 1. The third kappa shape index (κ3) is 3.06. The number of nitro groups is 1. The Morgan fingerprint density at radius 2 is 2.00 bits per heavy atom. The van der Waals surface area contributed by atoms with Crippen LogP contribution in [0.4, 0.5) is 5.69 Å². The molecule has 0 saturated carbocycles. The summed E-state index contributed by atoms with van der Waals surface area (Å²) in [5.41, 5.74) is -0.523. The van der Waals surface area contributed by atoms with E-state index in [1.54, 1.807) is 24.3 Å². The van der Waals surface area contributed by atoms with Gasteiger partial charge in [-0.05, 0) is 18.2 Å². The molecule has 1 aromatic heterocycles. The zero-order chi connectivity index (χ0) is 14.7. The first kappa shape index (κ1) is 14.3. The number of carboxylic acids is 1. The van der Waals surface area contributed by atoms with E-state index in [9.17, 15) is 14.9 Å². The van der Waals surface area contributed by atoms with Crippen molar-refractivity contribution < 1.29 is 14.8 Å². The SMILES string of the molecule is O=C(O)c1ccc([N+](=O)[O-])c(Sc2ccccc2Cl)n1. The molecular formula is C12H7ClN2O4S. The summed E-state index contributed by atoms with van der Waals surface area (Å²) in [7, 11) is 0. The van der Waals surface area contributed by atoms with Crippen LogP contribution in [0.5, 0.6) is 0 Å². The molecule has 0 radical (unpaired) electrons. The maximum atomic E-state index is 10.9. The Morgan fingerprint density at radius 1 is 1.30 bits per heavy atom. The van der Waals surface area contributed by atoms with Crippen LogP contribution in [-0.2, 0) is 0 Å². The summed E-state index contributed by atoms with van der Waals surface area (Å²) >= 11 is 6.93. The largest absolute Gasteiger partial charge is 0.477 e. The first-order valence-corrected chi connectivity index (χ1v) is 6.49. The summed E-state index contributed by atoms with van der Waals surface area (Å²) < 4.78 is 0. The van der Waals surface area contributed by atoms with Gasteiger partial charge in [0, 0.05) is 11.0 Å². The highest BCUT2D eigenvalue weighted by molar-refractivity contribution is 7.99. The molecule has 20 heavy (non-hydrogen) atoms. The molecule has 8 heteroatoms. The minimum absolute atomic E-state index is 0.0111. The van der Waals surface area contributed by atoms with Gasteiger partial charge >= 0.3 is 11.7 Å². The summed E-state index contributed by atoms with van der Waals surface area (Å²) in [6.45, 7) is 0. The molecular weight excluding hydrogens is 304 g/mol. The van der Waals surface area contributed by atoms with Gasteiger partial charge in [-0.15, -0.1) is 0 Å². The van der Waals surface area contributed by atoms with E-state index in [2.05, 4.69) is 4.98 Å². The fourth-order valence-corrected chi connectivity index (χ4v) is 2.56. The molecule has 2 aromatic rings. The minimum Gasteiger partial charge on any atom is -0.477 e. The molecule has 1 heterocycles. The molecule has 0 saturated heterocycles. The van der Waals surface area contributed by atoms with Gasteiger partial charge < -0.3 is 5.11 Å². The summed E-state index contributed by atoms with van der Waals surface area (Å²) in [6.07, 6.45) is 0. The zero-order valence-corrected chi connectivity index (χ0v) is 11.4. The molecule has 1 aromatic carbocycles. The van der Waals surface area contributed by atoms with Crippen LogP contribution in [0.25, 0.3) is 0 Å². The van der Waals surface area contributed by atoms with Gasteiger partial charge in [-0.1, -0.05) is 35.5 Å². The van der Waals surface area contributed by atoms with Crippen molar-refractivity contribution in [3.8, 4) is 0 Å². The number of pyridine rings is 1. The van der Waals surface area contributed by atoms with E-state index in [0.29, 0.717) is 9.92 Å². The predicted octanol–water partition coefficient (Wildman–Crippen LogP) is 3.49. The van der Waals surface area contributed by atoms with Gasteiger partial charge in [-0.2, -0.15) is 0 Å². The number of rotatable bonds is 4. The second-order valence-electron chi connectivity index (χ2n) is 3.62. The summed E-state index contributed by atoms with van der Waals surface area (Å²) in [5, 5.41) is 20.2. The Balaban J connectivity index is 2.48. The molecule has 102 valence electrons. The lowest BCUT2D eigenvalue weighted by Gasteiger charge is -2.04. The standard InChI is InChI=1S/C12H7ClN2O4S/c13-7-3-1-2-4-10(7)20-11-9(15(18)19)6-5-8(14-11)12(16)17/h1-6H,(H,16,17). The predicted molar refractivity (Wildman–Crippen MR) is 73.4 cm³/mol. The highest BCUT2D eigenvalue weighted by Gasteiger charge is 2.20. The number of nitrogens with zero attached hydrogens (tertiary/aromatic N) is 2. The minimum atomic E-state index is -1.25. The molecule has 0 unspecified atom stereocenters. The van der Waals surface area contributed by atoms with Crippen molar-refractivity contribution in [2.45, 2.75) is 9.92 Å². The van der Waals surface area contributed by atoms with E-state index in [1.807, 2.05) is 0 Å². The number of carboxylic acid groups (broad SMARTS) is 1. The normalized spacial score (nSPS) is 10.2. The molecule has 0 spiro atoms. The van der Waals surface area contributed by atoms with Crippen LogP contribution < -0.4 is 0 Å². The van der Waals surface area contributed by atoms with Crippen LogP contribution in [0.1, 0.15) is 10.5 Å². The van der Waals surface area contributed by atoms with Gasteiger partial charge in [0.2, 0.25) is 0 Å². The van der Waals surface area contributed by atoms with Crippen LogP contribution in [0.3, 0.4) is 0 Å². The maximum absolute atomic E-state index is 10.9. The summed E-state index contributed by atoms with van der Waals surface area (Å²) in [6, 6.07) is 8.97. The highest BCUT2D eigenvalue weighted by Crippen LogP contribution is 2.36. The Labute approximate surface area is 122 Å². The fourth-order valence-electron chi connectivity index (χ4n) is 1.40. The molecule has 0 aliphatic heterocycles. The van der Waals surface area contributed by atoms with Gasteiger partial charge in [0.25, 0.3) is 0 Å². The smallest absolute Gasteiger partial charge is 0.354 e. The first-order chi connectivity index (χ1) is 9.49. The number of carbonyl (C=O) groups is 1. The quantitative estimate of drug-likeness (QED) is 0.686. The van der Waals surface area contributed by atoms with Crippen LogP contribution in [0, 0.1) is 10.1 Å². The van der Waals surface area contributed by atoms with Gasteiger partial charge in [0.15, 0.2) is 5.03 Å². The van der Waals surface area contributed by atoms with E-state index < -0.39 is 10.9 Å². The van der Waals surface area contributed by atoms with E-state index >= 15 is 0 Å². The number of hydrogen-bond donors (Lipinski definition) is 1. The van der Waals surface area contributed by atoms with Crippen LogP contribution in [0.2, 0.25) is 5.02 Å². The maximum Gasteiger partial charge on any atom is 0.354 e. The highest BCUT2D eigenvalue weighted by atomic mass is 35.5.